The molecule has 2 aliphatic rings. The van der Waals surface area contributed by atoms with E-state index < -0.39 is 18.0 Å². The van der Waals surface area contributed by atoms with Crippen molar-refractivity contribution in [3.8, 4) is 11.5 Å². The highest BCUT2D eigenvalue weighted by molar-refractivity contribution is 5.95. The second-order valence-electron chi connectivity index (χ2n) is 6.85. The lowest BCUT2D eigenvalue weighted by Gasteiger charge is -2.29. The number of benzene rings is 1. The standard InChI is InChI=1S/C19H24N2O5/c1-10-5-4-6-14(10)26-18(23)16-11(2)20-19(24)21-17(16)12-7-8-13(22)15(9-12)25-3/h7-10,14,17,22H,4-6H2,1-3H3,(H2,20,21,24)/t10-,14-,17+/m0/s1. The molecule has 3 atom stereocenters. The number of phenols is 1. The van der Waals surface area contributed by atoms with Gasteiger partial charge >= 0.3 is 12.0 Å². The SMILES string of the molecule is COc1cc([C@H]2NC(=O)NC(C)=C2C(=O)O[C@H]2CCC[C@@H]2C)ccc1O. The number of aromatic hydroxyl groups is 1. The first-order valence-electron chi connectivity index (χ1n) is 8.77. The summed E-state index contributed by atoms with van der Waals surface area (Å²) in [6, 6.07) is 3.64. The third-order valence-electron chi connectivity index (χ3n) is 5.07. The lowest BCUT2D eigenvalue weighted by molar-refractivity contribution is -0.146. The van der Waals surface area contributed by atoms with Crippen molar-refractivity contribution in [2.45, 2.75) is 45.3 Å². The molecule has 0 spiro atoms. The van der Waals surface area contributed by atoms with E-state index in [1.165, 1.54) is 13.2 Å². The summed E-state index contributed by atoms with van der Waals surface area (Å²) in [4.78, 5) is 24.8. The summed E-state index contributed by atoms with van der Waals surface area (Å²) in [6.07, 6.45) is 2.85. The van der Waals surface area contributed by atoms with Crippen molar-refractivity contribution in [3.05, 3.63) is 35.0 Å². The molecule has 3 rings (SSSR count). The van der Waals surface area contributed by atoms with Crippen LogP contribution in [0.1, 0.15) is 44.7 Å². The van der Waals surface area contributed by atoms with Gasteiger partial charge < -0.3 is 25.2 Å². The van der Waals surface area contributed by atoms with Crippen LogP contribution in [0.15, 0.2) is 29.5 Å². The van der Waals surface area contributed by atoms with Crippen LogP contribution in [0.4, 0.5) is 4.79 Å². The van der Waals surface area contributed by atoms with Gasteiger partial charge in [0.1, 0.15) is 6.10 Å². The highest BCUT2D eigenvalue weighted by Gasteiger charge is 2.35. The third kappa shape index (κ3) is 3.47. The van der Waals surface area contributed by atoms with Gasteiger partial charge in [0.25, 0.3) is 0 Å². The van der Waals surface area contributed by atoms with Crippen molar-refractivity contribution in [2.75, 3.05) is 7.11 Å². The van der Waals surface area contributed by atoms with E-state index in [-0.39, 0.29) is 17.6 Å². The molecule has 140 valence electrons. The minimum atomic E-state index is -0.678. The summed E-state index contributed by atoms with van der Waals surface area (Å²) in [5.74, 6) is 0.148. The number of hydrogen-bond acceptors (Lipinski definition) is 5. The predicted molar refractivity (Wildman–Crippen MR) is 94.7 cm³/mol. The van der Waals surface area contributed by atoms with Gasteiger partial charge in [-0.05, 0) is 49.8 Å². The number of esters is 1. The highest BCUT2D eigenvalue weighted by Crippen LogP contribution is 2.35. The van der Waals surface area contributed by atoms with E-state index in [0.717, 1.165) is 19.3 Å². The Morgan fingerprint density at radius 2 is 2.08 bits per heavy atom. The van der Waals surface area contributed by atoms with Gasteiger partial charge in [-0.25, -0.2) is 9.59 Å². The summed E-state index contributed by atoms with van der Waals surface area (Å²) in [5, 5.41) is 15.2. The van der Waals surface area contributed by atoms with Crippen LogP contribution in [0.25, 0.3) is 0 Å². The fourth-order valence-corrected chi connectivity index (χ4v) is 3.58. The molecule has 7 nitrogen and oxygen atoms in total. The molecule has 1 heterocycles. The van der Waals surface area contributed by atoms with Crippen LogP contribution in [-0.4, -0.2) is 30.3 Å². The van der Waals surface area contributed by atoms with Crippen LogP contribution in [-0.2, 0) is 9.53 Å². The first-order valence-corrected chi connectivity index (χ1v) is 8.77. The van der Waals surface area contributed by atoms with Crippen LogP contribution in [0, 0.1) is 5.92 Å². The van der Waals surface area contributed by atoms with Crippen LogP contribution >= 0.6 is 0 Å². The van der Waals surface area contributed by atoms with Gasteiger partial charge in [-0.1, -0.05) is 13.0 Å². The number of carbonyl (C=O) groups is 2. The van der Waals surface area contributed by atoms with Gasteiger partial charge in [0.05, 0.1) is 18.7 Å². The molecule has 1 aromatic carbocycles. The minimum Gasteiger partial charge on any atom is -0.504 e. The number of allylic oxidation sites excluding steroid dienone is 1. The fourth-order valence-electron chi connectivity index (χ4n) is 3.58. The molecule has 1 fully saturated rings. The van der Waals surface area contributed by atoms with Gasteiger partial charge in [-0.3, -0.25) is 0 Å². The number of ether oxygens (including phenoxy) is 2. The Balaban J connectivity index is 1.92. The molecule has 26 heavy (non-hydrogen) atoms. The summed E-state index contributed by atoms with van der Waals surface area (Å²) < 4.78 is 10.9. The highest BCUT2D eigenvalue weighted by atomic mass is 16.5. The van der Waals surface area contributed by atoms with Crippen LogP contribution in [0.5, 0.6) is 11.5 Å². The van der Waals surface area contributed by atoms with E-state index in [1.807, 2.05) is 0 Å². The Morgan fingerprint density at radius 3 is 2.73 bits per heavy atom. The Bertz CT molecular complexity index is 758. The fraction of sp³-hybridized carbons (Fsp3) is 0.474. The molecule has 0 saturated heterocycles. The van der Waals surface area contributed by atoms with Crippen LogP contribution in [0.3, 0.4) is 0 Å². The second kappa shape index (κ2) is 7.27. The second-order valence-corrected chi connectivity index (χ2v) is 6.85. The summed E-state index contributed by atoms with van der Waals surface area (Å²) in [7, 11) is 1.44. The Morgan fingerprint density at radius 1 is 1.31 bits per heavy atom. The van der Waals surface area contributed by atoms with Gasteiger partial charge in [0.15, 0.2) is 11.5 Å². The van der Waals surface area contributed by atoms with Gasteiger partial charge in [-0.15, -0.1) is 0 Å². The summed E-state index contributed by atoms with van der Waals surface area (Å²) >= 11 is 0. The van der Waals surface area contributed by atoms with Crippen molar-refractivity contribution in [1.82, 2.24) is 10.6 Å². The molecule has 0 radical (unpaired) electrons. The number of methoxy groups -OCH3 is 1. The van der Waals surface area contributed by atoms with E-state index in [1.54, 1.807) is 19.1 Å². The summed E-state index contributed by atoms with van der Waals surface area (Å²) in [6.45, 7) is 3.76. The zero-order valence-corrected chi connectivity index (χ0v) is 15.2. The minimum absolute atomic E-state index is 0.0129. The van der Waals surface area contributed by atoms with E-state index in [0.29, 0.717) is 22.8 Å². The molecule has 0 unspecified atom stereocenters. The number of amides is 2. The average molecular weight is 360 g/mol. The molecule has 1 aliphatic heterocycles. The topological polar surface area (TPSA) is 96.9 Å². The quantitative estimate of drug-likeness (QED) is 0.718. The molecular weight excluding hydrogens is 336 g/mol. The average Bonchev–Trinajstić information content (AvgIpc) is 2.99. The third-order valence-corrected chi connectivity index (χ3v) is 5.07. The molecule has 7 heteroatoms. The molecule has 0 aromatic heterocycles. The van der Waals surface area contributed by atoms with Gasteiger partial charge in [0.2, 0.25) is 0 Å². The smallest absolute Gasteiger partial charge is 0.338 e. The Labute approximate surface area is 152 Å². The maximum atomic E-state index is 12.9. The number of hydrogen-bond donors (Lipinski definition) is 3. The normalized spacial score (nSPS) is 25.5. The predicted octanol–water partition coefficient (Wildman–Crippen LogP) is 2.76. The van der Waals surface area contributed by atoms with Crippen molar-refractivity contribution in [1.29, 1.82) is 0 Å². The first-order chi connectivity index (χ1) is 12.4. The zero-order chi connectivity index (χ0) is 18.8. The van der Waals surface area contributed by atoms with Crippen molar-refractivity contribution < 1.29 is 24.2 Å². The number of nitrogens with one attached hydrogen (secondary N) is 2. The molecule has 0 bridgehead atoms. The number of rotatable bonds is 4. The maximum absolute atomic E-state index is 12.9. The first kappa shape index (κ1) is 18.1. The van der Waals surface area contributed by atoms with Gasteiger partial charge in [0, 0.05) is 5.70 Å². The van der Waals surface area contributed by atoms with E-state index >= 15 is 0 Å². The van der Waals surface area contributed by atoms with Crippen LogP contribution < -0.4 is 15.4 Å². The lowest BCUT2D eigenvalue weighted by atomic mass is 9.95. The van der Waals surface area contributed by atoms with Gasteiger partial charge in [-0.2, -0.15) is 0 Å². The van der Waals surface area contributed by atoms with Crippen LogP contribution in [0.2, 0.25) is 0 Å². The molecule has 1 saturated carbocycles. The van der Waals surface area contributed by atoms with Crippen molar-refractivity contribution in [2.24, 2.45) is 5.92 Å². The molecule has 1 aliphatic carbocycles. The maximum Gasteiger partial charge on any atom is 0.338 e. The molecular formula is C19H24N2O5. The van der Waals surface area contributed by atoms with E-state index in [9.17, 15) is 14.7 Å². The largest absolute Gasteiger partial charge is 0.504 e. The number of urea groups is 1. The monoisotopic (exact) mass is 360 g/mol. The molecule has 2 amide bonds. The lowest BCUT2D eigenvalue weighted by Crippen LogP contribution is -2.45. The van der Waals surface area contributed by atoms with Crippen molar-refractivity contribution in [3.63, 3.8) is 0 Å². The van der Waals surface area contributed by atoms with E-state index in [2.05, 4.69) is 17.6 Å². The molecule has 3 N–H and O–H groups in total. The Kier molecular flexibility index (Phi) is 5.06. The zero-order valence-electron chi connectivity index (χ0n) is 15.2. The summed E-state index contributed by atoms with van der Waals surface area (Å²) in [5.41, 5.74) is 1.44. The van der Waals surface area contributed by atoms with Crippen molar-refractivity contribution >= 4 is 12.0 Å². The number of phenolic OH excluding ortho intramolecular Hbond substituents is 1. The number of carbonyl (C=O) groups excluding carboxylic acids is 2. The Hall–Kier alpha value is -2.70. The van der Waals surface area contributed by atoms with E-state index in [4.69, 9.17) is 9.47 Å². The molecule has 1 aromatic rings.